The van der Waals surface area contributed by atoms with Gasteiger partial charge in [-0.15, -0.1) is 11.3 Å². The first-order valence-electron chi connectivity index (χ1n) is 7.44. The molecule has 1 aromatic heterocycles. The zero-order valence-corrected chi connectivity index (χ0v) is 13.6. The van der Waals surface area contributed by atoms with Gasteiger partial charge in [-0.3, -0.25) is 4.79 Å². The van der Waals surface area contributed by atoms with Crippen molar-refractivity contribution in [2.75, 3.05) is 0 Å². The highest BCUT2D eigenvalue weighted by atomic mass is 32.1. The monoisotopic (exact) mass is 306 g/mol. The van der Waals surface area contributed by atoms with Gasteiger partial charge in [0.25, 0.3) is 0 Å². The SMILES string of the molecule is CC(C)c1ccc(-c2cc(=O)cc(-c3ccccc3)s2)cc1. The van der Waals surface area contributed by atoms with Crippen molar-refractivity contribution in [3.63, 3.8) is 0 Å². The van der Waals surface area contributed by atoms with Crippen molar-refractivity contribution in [3.05, 3.63) is 82.5 Å². The van der Waals surface area contributed by atoms with Crippen LogP contribution in [0.5, 0.6) is 0 Å². The van der Waals surface area contributed by atoms with Crippen LogP contribution in [0.1, 0.15) is 25.3 Å². The quantitative estimate of drug-likeness (QED) is 0.618. The molecule has 0 aliphatic rings. The molecule has 0 atom stereocenters. The lowest BCUT2D eigenvalue weighted by Gasteiger charge is -2.08. The van der Waals surface area contributed by atoms with Gasteiger partial charge in [0.2, 0.25) is 0 Å². The van der Waals surface area contributed by atoms with E-state index >= 15 is 0 Å². The molecule has 2 aromatic carbocycles. The van der Waals surface area contributed by atoms with Crippen molar-refractivity contribution in [3.8, 4) is 20.9 Å². The minimum Gasteiger partial charge on any atom is -0.290 e. The molecule has 1 nitrogen and oxygen atoms in total. The summed E-state index contributed by atoms with van der Waals surface area (Å²) in [5, 5.41) is 0. The number of hydrogen-bond acceptors (Lipinski definition) is 2. The zero-order chi connectivity index (χ0) is 15.5. The molecule has 110 valence electrons. The van der Waals surface area contributed by atoms with E-state index in [1.165, 1.54) is 5.56 Å². The highest BCUT2D eigenvalue weighted by Crippen LogP contribution is 2.31. The van der Waals surface area contributed by atoms with E-state index in [0.717, 1.165) is 20.9 Å². The van der Waals surface area contributed by atoms with Gasteiger partial charge in [-0.2, -0.15) is 0 Å². The largest absolute Gasteiger partial charge is 0.290 e. The summed E-state index contributed by atoms with van der Waals surface area (Å²) in [7, 11) is 0. The van der Waals surface area contributed by atoms with Crippen LogP contribution in [0.2, 0.25) is 0 Å². The second-order valence-corrected chi connectivity index (χ2v) is 6.75. The average Bonchev–Trinajstić information content (AvgIpc) is 2.55. The lowest BCUT2D eigenvalue weighted by Crippen LogP contribution is -1.96. The average molecular weight is 306 g/mol. The van der Waals surface area contributed by atoms with E-state index < -0.39 is 0 Å². The number of rotatable bonds is 3. The fraction of sp³-hybridized carbons (Fsp3) is 0.150. The van der Waals surface area contributed by atoms with Gasteiger partial charge in [0.05, 0.1) is 0 Å². The summed E-state index contributed by atoms with van der Waals surface area (Å²) >= 11 is 1.66. The van der Waals surface area contributed by atoms with Crippen molar-refractivity contribution in [1.82, 2.24) is 0 Å². The fourth-order valence-corrected chi connectivity index (χ4v) is 3.49. The van der Waals surface area contributed by atoms with Crippen LogP contribution >= 0.6 is 11.3 Å². The molecule has 2 heteroatoms. The Kier molecular flexibility index (Phi) is 4.21. The van der Waals surface area contributed by atoms with Crippen molar-refractivity contribution in [2.24, 2.45) is 0 Å². The zero-order valence-electron chi connectivity index (χ0n) is 12.7. The molecule has 3 aromatic rings. The van der Waals surface area contributed by atoms with E-state index in [1.54, 1.807) is 23.5 Å². The van der Waals surface area contributed by atoms with Gasteiger partial charge in [-0.1, -0.05) is 68.4 Å². The van der Waals surface area contributed by atoms with Gasteiger partial charge in [0.15, 0.2) is 5.43 Å². The van der Waals surface area contributed by atoms with Crippen molar-refractivity contribution in [1.29, 1.82) is 0 Å². The summed E-state index contributed by atoms with van der Waals surface area (Å²) in [5.41, 5.74) is 3.56. The Hall–Kier alpha value is -2.19. The maximum atomic E-state index is 12.0. The first-order chi connectivity index (χ1) is 10.6. The van der Waals surface area contributed by atoms with Crippen LogP contribution in [-0.4, -0.2) is 0 Å². The Balaban J connectivity index is 2.04. The minimum absolute atomic E-state index is 0.0561. The predicted molar refractivity (Wildman–Crippen MR) is 95.6 cm³/mol. The second kappa shape index (κ2) is 6.29. The van der Waals surface area contributed by atoms with Crippen LogP contribution < -0.4 is 5.43 Å². The van der Waals surface area contributed by atoms with Crippen LogP contribution in [0.3, 0.4) is 0 Å². The van der Waals surface area contributed by atoms with Gasteiger partial charge in [-0.05, 0) is 22.6 Å². The van der Waals surface area contributed by atoms with Crippen molar-refractivity contribution >= 4 is 11.3 Å². The van der Waals surface area contributed by atoms with Gasteiger partial charge in [-0.25, -0.2) is 0 Å². The molecule has 0 aliphatic carbocycles. The standard InChI is InChI=1S/C20H18OS/c1-14(2)15-8-10-17(11-9-15)20-13-18(21)12-19(22-20)16-6-4-3-5-7-16/h3-14H,1-2H3. The predicted octanol–water partition coefficient (Wildman–Crippen LogP) is 5.57. The summed E-state index contributed by atoms with van der Waals surface area (Å²) < 4.78 is 0. The van der Waals surface area contributed by atoms with Crippen LogP contribution in [0.25, 0.3) is 20.9 Å². The molecule has 0 spiro atoms. The van der Waals surface area contributed by atoms with E-state index in [9.17, 15) is 4.79 Å². The van der Waals surface area contributed by atoms with E-state index in [-0.39, 0.29) is 5.43 Å². The maximum Gasteiger partial charge on any atom is 0.181 e. The first-order valence-corrected chi connectivity index (χ1v) is 8.26. The molecular weight excluding hydrogens is 288 g/mol. The Morgan fingerprint density at radius 2 is 1.32 bits per heavy atom. The van der Waals surface area contributed by atoms with E-state index in [4.69, 9.17) is 0 Å². The number of benzene rings is 2. The molecule has 0 unspecified atom stereocenters. The molecule has 3 rings (SSSR count). The fourth-order valence-electron chi connectivity index (χ4n) is 2.40. The highest BCUT2D eigenvalue weighted by molar-refractivity contribution is 7.18. The summed E-state index contributed by atoms with van der Waals surface area (Å²) in [6, 6.07) is 22.0. The van der Waals surface area contributed by atoms with Gasteiger partial charge >= 0.3 is 0 Å². The Morgan fingerprint density at radius 3 is 1.86 bits per heavy atom. The summed E-state index contributed by atoms with van der Waals surface area (Å²) in [6.45, 7) is 4.37. The normalized spacial score (nSPS) is 10.9. The van der Waals surface area contributed by atoms with Gasteiger partial charge in [0.1, 0.15) is 0 Å². The number of hydrogen-bond donors (Lipinski definition) is 0. The van der Waals surface area contributed by atoms with Crippen LogP contribution in [0.4, 0.5) is 0 Å². The Labute approximate surface area is 134 Å². The lowest BCUT2D eigenvalue weighted by atomic mass is 10.0. The third-order valence-electron chi connectivity index (χ3n) is 3.69. The van der Waals surface area contributed by atoms with Crippen LogP contribution in [-0.2, 0) is 0 Å². The summed E-state index contributed by atoms with van der Waals surface area (Å²) in [4.78, 5) is 14.1. The van der Waals surface area contributed by atoms with Gasteiger partial charge in [0, 0.05) is 21.9 Å². The Bertz CT molecular complexity index is 814. The topological polar surface area (TPSA) is 17.1 Å². The third kappa shape index (κ3) is 3.18. The van der Waals surface area contributed by atoms with E-state index in [1.807, 2.05) is 30.3 Å². The van der Waals surface area contributed by atoms with Gasteiger partial charge < -0.3 is 0 Å². The highest BCUT2D eigenvalue weighted by Gasteiger charge is 2.06. The molecule has 0 fully saturated rings. The summed E-state index contributed by atoms with van der Waals surface area (Å²) in [5.74, 6) is 0.517. The molecule has 22 heavy (non-hydrogen) atoms. The third-order valence-corrected chi connectivity index (χ3v) is 4.83. The lowest BCUT2D eigenvalue weighted by molar-refractivity contribution is 0.867. The minimum atomic E-state index is 0.0561. The second-order valence-electron chi connectivity index (χ2n) is 5.66. The molecule has 0 saturated heterocycles. The first kappa shape index (κ1) is 14.7. The smallest absolute Gasteiger partial charge is 0.181 e. The molecule has 0 amide bonds. The maximum absolute atomic E-state index is 12.0. The Morgan fingerprint density at radius 1 is 0.773 bits per heavy atom. The molecule has 0 saturated carbocycles. The summed E-state index contributed by atoms with van der Waals surface area (Å²) in [6.07, 6.45) is 0. The van der Waals surface area contributed by atoms with Crippen molar-refractivity contribution < 1.29 is 0 Å². The molecule has 0 aliphatic heterocycles. The van der Waals surface area contributed by atoms with Crippen LogP contribution in [0, 0.1) is 0 Å². The molecule has 0 bridgehead atoms. The van der Waals surface area contributed by atoms with E-state index in [0.29, 0.717) is 5.92 Å². The van der Waals surface area contributed by atoms with E-state index in [2.05, 4.69) is 38.1 Å². The molecular formula is C20H18OS. The molecule has 0 N–H and O–H groups in total. The molecule has 0 radical (unpaired) electrons. The molecule has 1 heterocycles. The van der Waals surface area contributed by atoms with Crippen LogP contribution in [0.15, 0.2) is 71.5 Å². The van der Waals surface area contributed by atoms with Crippen molar-refractivity contribution in [2.45, 2.75) is 19.8 Å².